The van der Waals surface area contributed by atoms with Crippen molar-refractivity contribution in [3.8, 4) is 11.8 Å². The van der Waals surface area contributed by atoms with Crippen LogP contribution in [0.25, 0.3) is 5.69 Å². The lowest BCUT2D eigenvalue weighted by atomic mass is 10.2. The van der Waals surface area contributed by atoms with Crippen molar-refractivity contribution in [2.45, 2.75) is 6.18 Å². The summed E-state index contributed by atoms with van der Waals surface area (Å²) in [5.41, 5.74) is -0.500. The van der Waals surface area contributed by atoms with E-state index in [2.05, 4.69) is 10.4 Å². The number of nitrogens with one attached hydrogen (secondary N) is 1. The van der Waals surface area contributed by atoms with Crippen LogP contribution in [0.5, 0.6) is 0 Å². The number of rotatable bonds is 4. The number of benzene rings is 1. The molecular formula is C13H10ClF3N4O. The van der Waals surface area contributed by atoms with E-state index in [0.717, 1.165) is 12.1 Å². The Hall–Kier alpha value is -2.24. The zero-order valence-electron chi connectivity index (χ0n) is 11.0. The van der Waals surface area contributed by atoms with Crippen LogP contribution < -0.4 is 5.32 Å². The fourth-order valence-electron chi connectivity index (χ4n) is 1.81. The summed E-state index contributed by atoms with van der Waals surface area (Å²) in [5.74, 6) is 0.248. The summed E-state index contributed by atoms with van der Waals surface area (Å²) < 4.78 is 39.1. The zero-order valence-corrected chi connectivity index (χ0v) is 11.8. The smallest absolute Gasteiger partial charge is 0.395 e. The minimum atomic E-state index is -4.50. The Labute approximate surface area is 128 Å². The van der Waals surface area contributed by atoms with Crippen LogP contribution in [0, 0.1) is 11.3 Å². The highest BCUT2D eigenvalue weighted by Gasteiger charge is 2.31. The van der Waals surface area contributed by atoms with Crippen LogP contribution in [-0.4, -0.2) is 28.0 Å². The lowest BCUT2D eigenvalue weighted by Gasteiger charge is -2.13. The van der Waals surface area contributed by atoms with Gasteiger partial charge in [0.2, 0.25) is 0 Å². The van der Waals surface area contributed by atoms with Crippen molar-refractivity contribution in [3.05, 3.63) is 40.5 Å². The number of hydrogen-bond donors (Lipinski definition) is 2. The van der Waals surface area contributed by atoms with Crippen LogP contribution in [0.15, 0.2) is 24.4 Å². The summed E-state index contributed by atoms with van der Waals surface area (Å²) in [6.45, 7) is -0.0323. The first kappa shape index (κ1) is 16.1. The summed E-state index contributed by atoms with van der Waals surface area (Å²) in [4.78, 5) is 0. The minimum Gasteiger partial charge on any atom is -0.395 e. The van der Waals surface area contributed by atoms with E-state index in [1.807, 2.05) is 6.07 Å². The normalized spacial score (nSPS) is 11.3. The Morgan fingerprint density at radius 1 is 1.41 bits per heavy atom. The molecule has 116 valence electrons. The van der Waals surface area contributed by atoms with E-state index in [0.29, 0.717) is 0 Å². The highest BCUT2D eigenvalue weighted by atomic mass is 35.5. The first-order valence-electron chi connectivity index (χ1n) is 6.08. The second-order valence-corrected chi connectivity index (χ2v) is 4.65. The van der Waals surface area contributed by atoms with Gasteiger partial charge in [0.25, 0.3) is 0 Å². The van der Waals surface area contributed by atoms with E-state index in [-0.39, 0.29) is 35.2 Å². The average molecular weight is 331 g/mol. The minimum absolute atomic E-state index is 0.151. The summed E-state index contributed by atoms with van der Waals surface area (Å²) in [6.07, 6.45) is -3.24. The zero-order chi connectivity index (χ0) is 16.3. The number of nitriles is 1. The van der Waals surface area contributed by atoms with E-state index in [9.17, 15) is 13.2 Å². The summed E-state index contributed by atoms with van der Waals surface area (Å²) in [7, 11) is 0. The van der Waals surface area contributed by atoms with Crippen LogP contribution in [0.4, 0.5) is 19.0 Å². The molecule has 0 fully saturated rings. The van der Waals surface area contributed by atoms with Gasteiger partial charge in [-0.2, -0.15) is 23.5 Å². The van der Waals surface area contributed by atoms with Gasteiger partial charge in [0.15, 0.2) is 0 Å². The van der Waals surface area contributed by atoms with Gasteiger partial charge in [0.05, 0.1) is 29.1 Å². The Balaban J connectivity index is 2.49. The molecule has 5 nitrogen and oxygen atoms in total. The molecule has 2 N–H and O–H groups in total. The summed E-state index contributed by atoms with van der Waals surface area (Å²) in [5, 5.41) is 24.4. The van der Waals surface area contributed by atoms with Crippen LogP contribution in [0.2, 0.25) is 5.02 Å². The summed E-state index contributed by atoms with van der Waals surface area (Å²) in [6, 6.07) is 4.74. The maximum atomic E-state index is 12.6. The van der Waals surface area contributed by atoms with E-state index in [4.69, 9.17) is 22.0 Å². The van der Waals surface area contributed by atoms with Gasteiger partial charge in [-0.05, 0) is 18.2 Å². The fourth-order valence-corrected chi connectivity index (χ4v) is 2.07. The number of anilines is 1. The number of aliphatic hydroxyl groups is 1. The van der Waals surface area contributed by atoms with Gasteiger partial charge < -0.3 is 10.4 Å². The molecule has 9 heteroatoms. The van der Waals surface area contributed by atoms with Gasteiger partial charge in [0.1, 0.15) is 17.5 Å². The molecule has 0 unspecified atom stereocenters. The molecule has 1 heterocycles. The predicted molar refractivity (Wildman–Crippen MR) is 73.9 cm³/mol. The van der Waals surface area contributed by atoms with Crippen molar-refractivity contribution < 1.29 is 18.3 Å². The molecule has 0 atom stereocenters. The van der Waals surface area contributed by atoms with Gasteiger partial charge in [-0.1, -0.05) is 11.6 Å². The van der Waals surface area contributed by atoms with Crippen LogP contribution >= 0.6 is 11.6 Å². The van der Waals surface area contributed by atoms with E-state index < -0.39 is 11.7 Å². The Morgan fingerprint density at radius 3 is 2.68 bits per heavy atom. The van der Waals surface area contributed by atoms with Gasteiger partial charge in [-0.3, -0.25) is 0 Å². The molecule has 2 aromatic rings. The molecule has 0 bridgehead atoms. The molecule has 0 aliphatic carbocycles. The number of aromatic nitrogens is 2. The van der Waals surface area contributed by atoms with Crippen molar-refractivity contribution in [1.29, 1.82) is 5.26 Å². The Morgan fingerprint density at radius 2 is 2.14 bits per heavy atom. The first-order valence-corrected chi connectivity index (χ1v) is 6.46. The van der Waals surface area contributed by atoms with Crippen molar-refractivity contribution >= 4 is 17.4 Å². The molecule has 0 amide bonds. The molecule has 1 aromatic heterocycles. The number of aliphatic hydroxyl groups excluding tert-OH is 1. The number of alkyl halides is 3. The Kier molecular flexibility index (Phi) is 4.59. The standard InChI is InChI=1S/C13H10ClF3N4O/c14-10-5-9(13(15,16)17)1-2-11(10)21-12(19-3-4-22)8(6-18)7-20-21/h1-2,5,7,19,22H,3-4H2. The van der Waals surface area contributed by atoms with Crippen molar-refractivity contribution in [1.82, 2.24) is 9.78 Å². The highest BCUT2D eigenvalue weighted by molar-refractivity contribution is 6.32. The predicted octanol–water partition coefficient (Wildman–Crippen LogP) is 2.82. The number of hydrogen-bond acceptors (Lipinski definition) is 4. The largest absolute Gasteiger partial charge is 0.416 e. The van der Waals surface area contributed by atoms with Gasteiger partial charge in [0, 0.05) is 6.54 Å². The van der Waals surface area contributed by atoms with Gasteiger partial charge in [-0.25, -0.2) is 4.68 Å². The molecule has 1 aromatic carbocycles. The third kappa shape index (κ3) is 3.16. The molecule has 0 saturated heterocycles. The quantitative estimate of drug-likeness (QED) is 0.904. The molecule has 0 saturated carbocycles. The molecule has 0 aliphatic rings. The number of halogens is 4. The average Bonchev–Trinajstić information content (AvgIpc) is 2.86. The monoisotopic (exact) mass is 330 g/mol. The van der Waals surface area contributed by atoms with Crippen molar-refractivity contribution in [2.24, 2.45) is 0 Å². The molecular weight excluding hydrogens is 321 g/mol. The first-order chi connectivity index (χ1) is 10.4. The molecule has 2 rings (SSSR count). The van der Waals surface area contributed by atoms with E-state index in [1.54, 1.807) is 0 Å². The van der Waals surface area contributed by atoms with Crippen molar-refractivity contribution in [2.75, 3.05) is 18.5 Å². The lowest BCUT2D eigenvalue weighted by Crippen LogP contribution is -2.12. The van der Waals surface area contributed by atoms with E-state index >= 15 is 0 Å². The fraction of sp³-hybridized carbons (Fsp3) is 0.231. The summed E-state index contributed by atoms with van der Waals surface area (Å²) >= 11 is 5.91. The molecule has 0 aliphatic heterocycles. The molecule has 22 heavy (non-hydrogen) atoms. The maximum absolute atomic E-state index is 12.6. The van der Waals surface area contributed by atoms with Crippen molar-refractivity contribution in [3.63, 3.8) is 0 Å². The van der Waals surface area contributed by atoms with Crippen LogP contribution in [0.3, 0.4) is 0 Å². The third-order valence-electron chi connectivity index (χ3n) is 2.80. The molecule has 0 spiro atoms. The lowest BCUT2D eigenvalue weighted by molar-refractivity contribution is -0.137. The second kappa shape index (κ2) is 6.25. The molecule has 0 radical (unpaired) electrons. The van der Waals surface area contributed by atoms with Crippen LogP contribution in [0.1, 0.15) is 11.1 Å². The topological polar surface area (TPSA) is 73.9 Å². The van der Waals surface area contributed by atoms with Gasteiger partial charge >= 0.3 is 6.18 Å². The van der Waals surface area contributed by atoms with Crippen LogP contribution in [-0.2, 0) is 6.18 Å². The number of nitrogens with zero attached hydrogens (tertiary/aromatic N) is 3. The van der Waals surface area contributed by atoms with E-state index in [1.165, 1.54) is 16.9 Å². The Bertz CT molecular complexity index is 721. The SMILES string of the molecule is N#Cc1cnn(-c2ccc(C(F)(F)F)cc2Cl)c1NCCO. The van der Waals surface area contributed by atoms with Gasteiger partial charge in [-0.15, -0.1) is 0 Å². The second-order valence-electron chi connectivity index (χ2n) is 4.24. The maximum Gasteiger partial charge on any atom is 0.416 e. The highest BCUT2D eigenvalue weighted by Crippen LogP contribution is 2.34. The third-order valence-corrected chi connectivity index (χ3v) is 3.10.